The fraction of sp³-hybridized carbons (Fsp3) is 0.438. The maximum absolute atomic E-state index is 12.9. The van der Waals surface area contributed by atoms with E-state index >= 15 is 0 Å². The zero-order valence-corrected chi connectivity index (χ0v) is 15.3. The molecule has 3 unspecified atom stereocenters. The Kier molecular flexibility index (Phi) is 4.79. The average Bonchev–Trinajstić information content (AvgIpc) is 2.54. The third-order valence-electron chi connectivity index (χ3n) is 4.58. The molecule has 2 fully saturated rings. The molecule has 0 bridgehead atoms. The number of nitrogens with zero attached hydrogens (tertiary/aromatic N) is 2. The Balaban J connectivity index is 2.08. The van der Waals surface area contributed by atoms with Crippen LogP contribution in [-0.2, 0) is 4.79 Å². The Morgan fingerprint density at radius 1 is 1.08 bits per heavy atom. The Morgan fingerprint density at radius 3 is 2.40 bits per heavy atom. The number of hydrogen-bond donors (Lipinski definition) is 2. The predicted octanol–water partition coefficient (Wildman–Crippen LogP) is 2.59. The van der Waals surface area contributed by atoms with Gasteiger partial charge in [0.05, 0.1) is 6.04 Å². The molecule has 0 saturated carbocycles. The van der Waals surface area contributed by atoms with Crippen molar-refractivity contribution in [2.24, 2.45) is 5.92 Å². The molecule has 2 saturated heterocycles. The molecule has 0 aliphatic carbocycles. The Morgan fingerprint density at radius 2 is 1.80 bits per heavy atom. The van der Waals surface area contributed by atoms with Crippen LogP contribution in [0.1, 0.15) is 25.5 Å². The first-order valence-corrected chi connectivity index (χ1v) is 8.78. The molecular weight excluding hydrogens is 367 g/mol. The van der Waals surface area contributed by atoms with Gasteiger partial charge in [-0.15, -0.1) is 0 Å². The molecule has 3 atom stereocenters. The number of benzene rings is 1. The summed E-state index contributed by atoms with van der Waals surface area (Å²) in [6.07, 6.45) is -0.724. The minimum atomic E-state index is -0.724. The van der Waals surface area contributed by atoms with E-state index < -0.39 is 30.2 Å². The second-order valence-corrected chi connectivity index (χ2v) is 6.73. The quantitative estimate of drug-likeness (QED) is 0.839. The van der Waals surface area contributed by atoms with Gasteiger partial charge in [-0.2, -0.15) is 0 Å². The molecule has 0 spiro atoms. The number of imide groups is 1. The number of hydrogen-bond acceptors (Lipinski definition) is 3. The molecule has 2 aliphatic rings. The standard InChI is InChI=1S/C16H18Cl2N4O3/c1-3-21-13-11(14(23)22(4-2)16(21)25)12(19-15(24)20-13)9-6-5-8(17)7-10(9)18/h5-7,11-13H,3-4H2,1-2H3,(H2,19,20,24). The van der Waals surface area contributed by atoms with Crippen molar-refractivity contribution in [1.82, 2.24) is 20.4 Å². The van der Waals surface area contributed by atoms with E-state index in [9.17, 15) is 14.4 Å². The van der Waals surface area contributed by atoms with Crippen LogP contribution in [0.15, 0.2) is 18.2 Å². The molecule has 2 N–H and O–H groups in total. The number of fused-ring (bicyclic) bond motifs is 1. The molecule has 2 aliphatic heterocycles. The van der Waals surface area contributed by atoms with E-state index in [0.29, 0.717) is 22.2 Å². The SMILES string of the molecule is CCN1C(=O)C2C(c3ccc(Cl)cc3Cl)NC(=O)NC2N(CC)C1=O. The highest BCUT2D eigenvalue weighted by Crippen LogP contribution is 2.37. The molecule has 134 valence electrons. The highest BCUT2D eigenvalue weighted by molar-refractivity contribution is 6.35. The van der Waals surface area contributed by atoms with Gasteiger partial charge in [-0.25, -0.2) is 9.59 Å². The van der Waals surface area contributed by atoms with Gasteiger partial charge < -0.3 is 15.5 Å². The summed E-state index contributed by atoms with van der Waals surface area (Å²) in [5.41, 5.74) is 0.589. The third-order valence-corrected chi connectivity index (χ3v) is 5.15. The summed E-state index contributed by atoms with van der Waals surface area (Å²) in [4.78, 5) is 40.3. The predicted molar refractivity (Wildman–Crippen MR) is 93.3 cm³/mol. The van der Waals surface area contributed by atoms with Crippen molar-refractivity contribution in [2.75, 3.05) is 13.1 Å². The first-order chi connectivity index (χ1) is 11.9. The van der Waals surface area contributed by atoms with Crippen molar-refractivity contribution in [1.29, 1.82) is 0 Å². The maximum atomic E-state index is 12.9. The van der Waals surface area contributed by atoms with E-state index in [2.05, 4.69) is 10.6 Å². The lowest BCUT2D eigenvalue weighted by Gasteiger charge is -2.49. The molecule has 5 amide bonds. The Labute approximate surface area is 155 Å². The van der Waals surface area contributed by atoms with Gasteiger partial charge in [-0.05, 0) is 31.5 Å². The minimum absolute atomic E-state index is 0.256. The van der Waals surface area contributed by atoms with Crippen molar-refractivity contribution < 1.29 is 14.4 Å². The van der Waals surface area contributed by atoms with Gasteiger partial charge in [-0.1, -0.05) is 29.3 Å². The molecule has 0 radical (unpaired) electrons. The summed E-state index contributed by atoms with van der Waals surface area (Å²) < 4.78 is 0. The summed E-state index contributed by atoms with van der Waals surface area (Å²) in [7, 11) is 0. The number of nitrogens with one attached hydrogen (secondary N) is 2. The van der Waals surface area contributed by atoms with E-state index in [1.165, 1.54) is 9.80 Å². The highest BCUT2D eigenvalue weighted by atomic mass is 35.5. The van der Waals surface area contributed by atoms with Crippen molar-refractivity contribution in [3.63, 3.8) is 0 Å². The molecule has 1 aromatic rings. The van der Waals surface area contributed by atoms with Crippen LogP contribution >= 0.6 is 23.2 Å². The average molecular weight is 385 g/mol. The van der Waals surface area contributed by atoms with Gasteiger partial charge in [0, 0.05) is 23.1 Å². The van der Waals surface area contributed by atoms with Gasteiger partial charge in [0.2, 0.25) is 5.91 Å². The van der Waals surface area contributed by atoms with Gasteiger partial charge >= 0.3 is 12.1 Å². The Bertz CT molecular complexity index is 742. The van der Waals surface area contributed by atoms with Crippen molar-refractivity contribution in [3.8, 4) is 0 Å². The molecule has 2 heterocycles. The zero-order chi connectivity index (χ0) is 18.3. The van der Waals surface area contributed by atoms with Crippen molar-refractivity contribution >= 4 is 41.2 Å². The van der Waals surface area contributed by atoms with Crippen LogP contribution in [0.4, 0.5) is 9.59 Å². The van der Waals surface area contributed by atoms with Gasteiger partial charge in [-0.3, -0.25) is 9.69 Å². The van der Waals surface area contributed by atoms with Crippen LogP contribution in [0.25, 0.3) is 0 Å². The summed E-state index contributed by atoms with van der Waals surface area (Å²) in [5.74, 6) is -1.03. The summed E-state index contributed by atoms with van der Waals surface area (Å²) in [6, 6.07) is 3.39. The largest absolute Gasteiger partial charge is 0.330 e. The number of halogens is 2. The fourth-order valence-corrected chi connectivity index (χ4v) is 3.95. The lowest BCUT2D eigenvalue weighted by atomic mass is 9.85. The van der Waals surface area contributed by atoms with Crippen LogP contribution in [0, 0.1) is 5.92 Å². The van der Waals surface area contributed by atoms with Crippen LogP contribution in [0.5, 0.6) is 0 Å². The normalized spacial score (nSPS) is 26.2. The molecular formula is C16H18Cl2N4O3. The lowest BCUT2D eigenvalue weighted by molar-refractivity contribution is -0.141. The van der Waals surface area contributed by atoms with E-state index in [-0.39, 0.29) is 12.5 Å². The number of amides is 5. The minimum Gasteiger partial charge on any atom is -0.330 e. The monoisotopic (exact) mass is 384 g/mol. The number of carbonyl (C=O) groups excluding carboxylic acids is 3. The van der Waals surface area contributed by atoms with Gasteiger partial charge in [0.25, 0.3) is 0 Å². The summed E-state index contributed by atoms with van der Waals surface area (Å²) in [5, 5.41) is 6.27. The maximum Gasteiger partial charge on any atom is 0.328 e. The summed E-state index contributed by atoms with van der Waals surface area (Å²) in [6.45, 7) is 4.16. The Hall–Kier alpha value is -1.99. The van der Waals surface area contributed by atoms with Gasteiger partial charge in [0.1, 0.15) is 12.1 Å². The van der Waals surface area contributed by atoms with E-state index in [1.54, 1.807) is 32.0 Å². The van der Waals surface area contributed by atoms with E-state index in [1.807, 2.05) is 0 Å². The first-order valence-electron chi connectivity index (χ1n) is 8.03. The zero-order valence-electron chi connectivity index (χ0n) is 13.8. The number of rotatable bonds is 3. The second kappa shape index (κ2) is 6.72. The van der Waals surface area contributed by atoms with E-state index in [0.717, 1.165) is 0 Å². The topological polar surface area (TPSA) is 81.8 Å². The molecule has 7 nitrogen and oxygen atoms in total. The van der Waals surface area contributed by atoms with E-state index in [4.69, 9.17) is 23.2 Å². The van der Waals surface area contributed by atoms with Crippen LogP contribution in [-0.4, -0.2) is 47.0 Å². The van der Waals surface area contributed by atoms with Crippen molar-refractivity contribution in [3.05, 3.63) is 33.8 Å². The molecule has 1 aromatic carbocycles. The molecule has 9 heteroatoms. The summed E-state index contributed by atoms with van der Waals surface area (Å²) >= 11 is 12.2. The highest BCUT2D eigenvalue weighted by Gasteiger charge is 2.52. The fourth-order valence-electron chi connectivity index (χ4n) is 3.42. The molecule has 3 rings (SSSR count). The van der Waals surface area contributed by atoms with Crippen molar-refractivity contribution in [2.45, 2.75) is 26.1 Å². The first kappa shape index (κ1) is 17.8. The van der Waals surface area contributed by atoms with Crippen LogP contribution in [0.3, 0.4) is 0 Å². The van der Waals surface area contributed by atoms with Crippen LogP contribution in [0.2, 0.25) is 10.0 Å². The second-order valence-electron chi connectivity index (χ2n) is 5.88. The lowest BCUT2D eigenvalue weighted by Crippen LogP contribution is -2.72. The number of carbonyl (C=O) groups is 3. The van der Waals surface area contributed by atoms with Gasteiger partial charge in [0.15, 0.2) is 0 Å². The molecule has 0 aromatic heterocycles. The molecule has 25 heavy (non-hydrogen) atoms. The third kappa shape index (κ3) is 2.91. The van der Waals surface area contributed by atoms with Crippen LogP contribution < -0.4 is 10.6 Å². The number of urea groups is 2. The smallest absolute Gasteiger partial charge is 0.328 e.